The van der Waals surface area contributed by atoms with Crippen LogP contribution in [-0.2, 0) is 6.42 Å². The van der Waals surface area contributed by atoms with Gasteiger partial charge in [0.2, 0.25) is 0 Å². The second-order valence-electron chi connectivity index (χ2n) is 5.17. The fourth-order valence-corrected chi connectivity index (χ4v) is 2.17. The largest absolute Gasteiger partial charge is 0.294 e. The van der Waals surface area contributed by atoms with Gasteiger partial charge in [0.1, 0.15) is 0 Å². The summed E-state index contributed by atoms with van der Waals surface area (Å²) in [5.74, 6) is 1.15. The normalized spacial score (nSPS) is 11.2. The molecule has 1 nitrogen and oxygen atoms in total. The van der Waals surface area contributed by atoms with Gasteiger partial charge < -0.3 is 0 Å². The number of carbonyl (C=O) groups is 1. The summed E-state index contributed by atoms with van der Waals surface area (Å²) in [5, 5.41) is 0. The van der Waals surface area contributed by atoms with E-state index in [-0.39, 0.29) is 5.92 Å². The Bertz CT molecular complexity index is 344. The summed E-state index contributed by atoms with van der Waals surface area (Å²) in [6, 6.07) is 8.15. The van der Waals surface area contributed by atoms with E-state index >= 15 is 0 Å². The molecule has 0 aliphatic heterocycles. The Morgan fingerprint density at radius 3 is 2.00 bits per heavy atom. The van der Waals surface area contributed by atoms with Gasteiger partial charge in [-0.15, -0.1) is 0 Å². The maximum absolute atomic E-state index is 12.1. The van der Waals surface area contributed by atoms with Crippen LogP contribution in [0.3, 0.4) is 0 Å². The van der Waals surface area contributed by atoms with Crippen molar-refractivity contribution in [1.82, 2.24) is 0 Å². The third-order valence-corrected chi connectivity index (χ3v) is 3.24. The second-order valence-corrected chi connectivity index (χ2v) is 5.17. The Labute approximate surface area is 105 Å². The molecule has 1 rings (SSSR count). The van der Waals surface area contributed by atoms with Gasteiger partial charge >= 0.3 is 0 Å². The monoisotopic (exact) mass is 232 g/mol. The first kappa shape index (κ1) is 14.0. The zero-order valence-corrected chi connectivity index (χ0v) is 11.5. The van der Waals surface area contributed by atoms with Gasteiger partial charge in [0.05, 0.1) is 0 Å². The van der Waals surface area contributed by atoms with E-state index in [1.807, 2.05) is 12.1 Å². The van der Waals surface area contributed by atoms with Crippen LogP contribution in [0.5, 0.6) is 0 Å². The number of ketones is 1. The smallest absolute Gasteiger partial charge is 0.165 e. The minimum absolute atomic E-state index is 0.186. The SMILES string of the molecule is CCC(CC)C(=O)c1ccc(CC(C)C)cc1. The highest BCUT2D eigenvalue weighted by molar-refractivity contribution is 5.97. The molecule has 0 saturated carbocycles. The molecule has 0 saturated heterocycles. The van der Waals surface area contributed by atoms with Crippen LogP contribution in [0.15, 0.2) is 24.3 Å². The van der Waals surface area contributed by atoms with E-state index in [0.717, 1.165) is 24.8 Å². The molecule has 0 aromatic heterocycles. The van der Waals surface area contributed by atoms with Crippen LogP contribution in [-0.4, -0.2) is 5.78 Å². The first-order valence-electron chi connectivity index (χ1n) is 6.71. The van der Waals surface area contributed by atoms with Crippen LogP contribution < -0.4 is 0 Å². The number of carbonyl (C=O) groups excluding carboxylic acids is 1. The van der Waals surface area contributed by atoms with Gasteiger partial charge in [0, 0.05) is 11.5 Å². The molecule has 0 unspecified atom stereocenters. The third kappa shape index (κ3) is 3.99. The van der Waals surface area contributed by atoms with Crippen molar-refractivity contribution in [3.63, 3.8) is 0 Å². The van der Waals surface area contributed by atoms with Gasteiger partial charge in [0.25, 0.3) is 0 Å². The summed E-state index contributed by atoms with van der Waals surface area (Å²) < 4.78 is 0. The number of hydrogen-bond acceptors (Lipinski definition) is 1. The molecule has 0 spiro atoms. The maximum Gasteiger partial charge on any atom is 0.165 e. The van der Waals surface area contributed by atoms with E-state index in [1.165, 1.54) is 5.56 Å². The average Bonchev–Trinajstić information content (AvgIpc) is 2.30. The molecule has 0 amide bonds. The summed E-state index contributed by atoms with van der Waals surface area (Å²) >= 11 is 0. The quantitative estimate of drug-likeness (QED) is 0.660. The zero-order valence-electron chi connectivity index (χ0n) is 11.5. The van der Waals surface area contributed by atoms with Crippen LogP contribution in [0.1, 0.15) is 56.5 Å². The van der Waals surface area contributed by atoms with Crippen molar-refractivity contribution >= 4 is 5.78 Å². The zero-order chi connectivity index (χ0) is 12.8. The molecular weight excluding hydrogens is 208 g/mol. The van der Waals surface area contributed by atoms with Gasteiger partial charge in [-0.25, -0.2) is 0 Å². The Balaban J connectivity index is 2.76. The van der Waals surface area contributed by atoms with Crippen LogP contribution in [0.2, 0.25) is 0 Å². The summed E-state index contributed by atoms with van der Waals surface area (Å²) in [7, 11) is 0. The minimum Gasteiger partial charge on any atom is -0.294 e. The highest BCUT2D eigenvalue weighted by atomic mass is 16.1. The van der Waals surface area contributed by atoms with Crippen LogP contribution in [0.25, 0.3) is 0 Å². The summed E-state index contributed by atoms with van der Waals surface area (Å²) in [5.41, 5.74) is 2.19. The molecule has 0 fully saturated rings. The lowest BCUT2D eigenvalue weighted by molar-refractivity contribution is 0.0913. The van der Waals surface area contributed by atoms with E-state index in [4.69, 9.17) is 0 Å². The van der Waals surface area contributed by atoms with Crippen molar-refractivity contribution in [2.24, 2.45) is 11.8 Å². The van der Waals surface area contributed by atoms with Crippen molar-refractivity contribution in [2.45, 2.75) is 47.0 Å². The molecular formula is C16H24O. The lowest BCUT2D eigenvalue weighted by Gasteiger charge is -2.11. The highest BCUT2D eigenvalue weighted by Gasteiger charge is 2.15. The van der Waals surface area contributed by atoms with E-state index in [9.17, 15) is 4.79 Å². The standard InChI is InChI=1S/C16H24O/c1-5-14(6-2)16(17)15-9-7-13(8-10-15)11-12(3)4/h7-10,12,14H,5-6,11H2,1-4H3. The lowest BCUT2D eigenvalue weighted by atomic mass is 9.92. The van der Waals surface area contributed by atoms with Crippen molar-refractivity contribution < 1.29 is 4.79 Å². The van der Waals surface area contributed by atoms with E-state index in [2.05, 4.69) is 39.8 Å². The highest BCUT2D eigenvalue weighted by Crippen LogP contribution is 2.17. The van der Waals surface area contributed by atoms with Gasteiger partial charge in [0.15, 0.2) is 5.78 Å². The lowest BCUT2D eigenvalue weighted by Crippen LogP contribution is -2.13. The fraction of sp³-hybridized carbons (Fsp3) is 0.562. The van der Waals surface area contributed by atoms with Crippen LogP contribution in [0, 0.1) is 11.8 Å². The molecule has 0 bridgehead atoms. The van der Waals surface area contributed by atoms with Gasteiger partial charge in [-0.1, -0.05) is 52.0 Å². The molecule has 94 valence electrons. The van der Waals surface area contributed by atoms with Crippen LogP contribution >= 0.6 is 0 Å². The molecule has 1 heteroatoms. The van der Waals surface area contributed by atoms with Crippen molar-refractivity contribution in [3.8, 4) is 0 Å². The second kappa shape index (κ2) is 6.58. The molecule has 0 aliphatic carbocycles. The van der Waals surface area contributed by atoms with Crippen molar-refractivity contribution in [3.05, 3.63) is 35.4 Å². The predicted octanol–water partition coefficient (Wildman–Crippen LogP) is 4.50. The van der Waals surface area contributed by atoms with E-state index < -0.39 is 0 Å². The predicted molar refractivity (Wildman–Crippen MR) is 73.4 cm³/mol. The van der Waals surface area contributed by atoms with Gasteiger partial charge in [-0.05, 0) is 30.7 Å². The number of rotatable bonds is 6. The van der Waals surface area contributed by atoms with Crippen molar-refractivity contribution in [2.75, 3.05) is 0 Å². The fourth-order valence-electron chi connectivity index (χ4n) is 2.17. The van der Waals surface area contributed by atoms with Crippen LogP contribution in [0.4, 0.5) is 0 Å². The van der Waals surface area contributed by atoms with Crippen molar-refractivity contribution in [1.29, 1.82) is 0 Å². The van der Waals surface area contributed by atoms with E-state index in [1.54, 1.807) is 0 Å². The summed E-state index contributed by atoms with van der Waals surface area (Å²) in [4.78, 5) is 12.1. The first-order valence-corrected chi connectivity index (χ1v) is 6.71. The Hall–Kier alpha value is -1.11. The number of benzene rings is 1. The first-order chi connectivity index (χ1) is 8.08. The molecule has 0 N–H and O–H groups in total. The van der Waals surface area contributed by atoms with Gasteiger partial charge in [-0.3, -0.25) is 4.79 Å². The minimum atomic E-state index is 0.186. The Morgan fingerprint density at radius 2 is 1.59 bits per heavy atom. The average molecular weight is 232 g/mol. The maximum atomic E-state index is 12.1. The molecule has 0 atom stereocenters. The summed E-state index contributed by atoms with van der Waals surface area (Å²) in [6.45, 7) is 8.59. The summed E-state index contributed by atoms with van der Waals surface area (Å²) in [6.07, 6.45) is 2.95. The third-order valence-electron chi connectivity index (χ3n) is 3.24. The number of hydrogen-bond donors (Lipinski definition) is 0. The molecule has 0 aliphatic rings. The topological polar surface area (TPSA) is 17.1 Å². The molecule has 1 aromatic rings. The molecule has 0 radical (unpaired) electrons. The molecule has 0 heterocycles. The Kier molecular flexibility index (Phi) is 5.40. The molecule has 1 aromatic carbocycles. The Morgan fingerprint density at radius 1 is 1.06 bits per heavy atom. The van der Waals surface area contributed by atoms with Gasteiger partial charge in [-0.2, -0.15) is 0 Å². The van der Waals surface area contributed by atoms with E-state index in [0.29, 0.717) is 11.7 Å². The number of Topliss-reactive ketones (excluding diaryl/α,β-unsaturated/α-hetero) is 1. The molecule has 17 heavy (non-hydrogen) atoms.